The fourth-order valence-electron chi connectivity index (χ4n) is 9.41. The number of carboxylic acid groups (broad SMARTS) is 1. The van der Waals surface area contributed by atoms with Crippen molar-refractivity contribution in [3.05, 3.63) is 158 Å². The topological polar surface area (TPSA) is 111 Å². The molecule has 2 atom stereocenters. The molecule has 0 fully saturated rings. The van der Waals surface area contributed by atoms with E-state index in [0.717, 1.165) is 103 Å². The maximum absolute atomic E-state index is 12.9. The number of likely N-dealkylation sites (N-methyl/N-ethyl adjacent to an activating group) is 1. The van der Waals surface area contributed by atoms with Crippen molar-refractivity contribution in [3.63, 3.8) is 0 Å². The first-order valence-corrected chi connectivity index (χ1v) is 35.6. The van der Waals surface area contributed by atoms with Gasteiger partial charge in [0.2, 0.25) is 0 Å². The van der Waals surface area contributed by atoms with Gasteiger partial charge in [0.15, 0.2) is 12.4 Å². The highest BCUT2D eigenvalue weighted by Crippen LogP contribution is 2.17. The smallest absolute Gasteiger partial charge is 0.306 e. The third kappa shape index (κ3) is 70.2. The van der Waals surface area contributed by atoms with Crippen molar-refractivity contribution in [1.82, 2.24) is 0 Å². The first-order valence-electron chi connectivity index (χ1n) is 35.6. The highest BCUT2D eigenvalue weighted by molar-refractivity contribution is 5.70. The summed E-state index contributed by atoms with van der Waals surface area (Å²) in [6.07, 6.45) is 99.2. The molecule has 0 aliphatic heterocycles. The van der Waals surface area contributed by atoms with Crippen LogP contribution >= 0.6 is 0 Å². The van der Waals surface area contributed by atoms with Crippen LogP contribution in [0, 0.1) is 0 Å². The summed E-state index contributed by atoms with van der Waals surface area (Å²) >= 11 is 0. The van der Waals surface area contributed by atoms with Gasteiger partial charge < -0.3 is 33.3 Å². The number of unbranched alkanes of at least 4 members (excludes halogenated alkanes) is 23. The number of hydrogen-bond acceptors (Lipinski definition) is 8. The SMILES string of the molecule is CC/C=C\C/C=C\C/C=C\C/C=C\C/C=C\C/C=C\C/C=C\CCCC(=O)OC(COC(=O)CCCCCCCCCCCCCCCCCCCCCCCC/C=C\C/C=C\C/C=C\C/C=C\C/C=C\C/C=C\CC)COC(OCC[N+](C)(C)C)C(=O)[O-]. The Morgan fingerprint density at radius 3 is 0.933 bits per heavy atom. The summed E-state index contributed by atoms with van der Waals surface area (Å²) in [6, 6.07) is 0. The fraction of sp³-hybridized carbons (Fsp3) is 0.637. The van der Waals surface area contributed by atoms with Crippen LogP contribution in [0.3, 0.4) is 0 Å². The van der Waals surface area contributed by atoms with Crippen molar-refractivity contribution in [2.24, 2.45) is 0 Å². The second-order valence-electron chi connectivity index (χ2n) is 24.4. The number of carboxylic acids is 1. The van der Waals surface area contributed by atoms with Gasteiger partial charge in [-0.15, -0.1) is 0 Å². The predicted octanol–water partition coefficient (Wildman–Crippen LogP) is 21.1. The van der Waals surface area contributed by atoms with Gasteiger partial charge in [0.1, 0.15) is 13.2 Å². The number of allylic oxidation sites excluding steroid dienone is 26. The molecule has 504 valence electrons. The number of ether oxygens (including phenoxy) is 4. The summed E-state index contributed by atoms with van der Waals surface area (Å²) in [4.78, 5) is 37.4. The lowest BCUT2D eigenvalue weighted by Crippen LogP contribution is -2.44. The summed E-state index contributed by atoms with van der Waals surface area (Å²) in [6.45, 7) is 4.45. The average molecular weight is 1230 g/mol. The number of hydrogen-bond donors (Lipinski definition) is 0. The summed E-state index contributed by atoms with van der Waals surface area (Å²) in [7, 11) is 5.90. The van der Waals surface area contributed by atoms with Crippen molar-refractivity contribution in [2.75, 3.05) is 47.5 Å². The van der Waals surface area contributed by atoms with Crippen LogP contribution in [-0.4, -0.2) is 82.3 Å². The van der Waals surface area contributed by atoms with E-state index in [0.29, 0.717) is 23.9 Å². The molecule has 0 rings (SSSR count). The highest BCUT2D eigenvalue weighted by Gasteiger charge is 2.22. The number of esters is 2. The number of rotatable bonds is 64. The minimum absolute atomic E-state index is 0.130. The van der Waals surface area contributed by atoms with Gasteiger partial charge in [-0.1, -0.05) is 300 Å². The summed E-state index contributed by atoms with van der Waals surface area (Å²) in [5.41, 5.74) is 0. The normalized spacial score (nSPS) is 13.7. The summed E-state index contributed by atoms with van der Waals surface area (Å²) < 4.78 is 22.7. The van der Waals surface area contributed by atoms with E-state index in [4.69, 9.17) is 18.9 Å². The summed E-state index contributed by atoms with van der Waals surface area (Å²) in [5.74, 6) is -2.37. The molecule has 0 aliphatic rings. The number of nitrogens with zero attached hydrogens (tertiary/aromatic N) is 1. The van der Waals surface area contributed by atoms with E-state index < -0.39 is 24.3 Å². The van der Waals surface area contributed by atoms with E-state index >= 15 is 0 Å². The molecule has 0 spiro atoms. The van der Waals surface area contributed by atoms with E-state index in [1.165, 1.54) is 128 Å². The van der Waals surface area contributed by atoms with E-state index in [1.54, 1.807) is 0 Å². The molecule has 0 aromatic carbocycles. The fourth-order valence-corrected chi connectivity index (χ4v) is 9.41. The predicted molar refractivity (Wildman–Crippen MR) is 379 cm³/mol. The van der Waals surface area contributed by atoms with Crippen molar-refractivity contribution in [1.29, 1.82) is 0 Å². The second-order valence-corrected chi connectivity index (χ2v) is 24.4. The Morgan fingerprint density at radius 1 is 0.337 bits per heavy atom. The molecule has 0 aliphatic carbocycles. The number of carbonyl (C=O) groups is 3. The van der Waals surface area contributed by atoms with E-state index in [9.17, 15) is 19.5 Å². The van der Waals surface area contributed by atoms with E-state index in [-0.39, 0.29) is 38.6 Å². The number of quaternary nitrogens is 1. The van der Waals surface area contributed by atoms with Gasteiger partial charge >= 0.3 is 11.9 Å². The van der Waals surface area contributed by atoms with Gasteiger partial charge in [0, 0.05) is 12.8 Å². The van der Waals surface area contributed by atoms with Crippen LogP contribution in [0.15, 0.2) is 158 Å². The van der Waals surface area contributed by atoms with Crippen molar-refractivity contribution in [3.8, 4) is 0 Å². The Balaban J connectivity index is 4.09. The molecule has 0 amide bonds. The second kappa shape index (κ2) is 68.8. The molecule has 0 N–H and O–H groups in total. The lowest BCUT2D eigenvalue weighted by Gasteiger charge is -2.26. The quantitative estimate of drug-likeness (QED) is 0.0195. The van der Waals surface area contributed by atoms with E-state index in [2.05, 4.69) is 172 Å². The third-order valence-electron chi connectivity index (χ3n) is 14.8. The number of carbonyl (C=O) groups excluding carboxylic acids is 3. The monoisotopic (exact) mass is 1230 g/mol. The van der Waals surface area contributed by atoms with Gasteiger partial charge in [-0.3, -0.25) is 9.59 Å². The van der Waals surface area contributed by atoms with Crippen LogP contribution in [0.4, 0.5) is 0 Å². The lowest BCUT2D eigenvalue weighted by molar-refractivity contribution is -0.870. The molecule has 9 heteroatoms. The molecule has 0 aromatic rings. The molecule has 0 saturated carbocycles. The van der Waals surface area contributed by atoms with Gasteiger partial charge in [0.25, 0.3) is 0 Å². The zero-order valence-corrected chi connectivity index (χ0v) is 57.5. The van der Waals surface area contributed by atoms with Crippen LogP contribution in [0.1, 0.15) is 271 Å². The Hall–Kier alpha value is -5.09. The van der Waals surface area contributed by atoms with Crippen LogP contribution in [0.25, 0.3) is 0 Å². The van der Waals surface area contributed by atoms with Crippen LogP contribution in [0.2, 0.25) is 0 Å². The zero-order chi connectivity index (χ0) is 64.7. The molecule has 0 aromatic heterocycles. The number of aliphatic carboxylic acids is 1. The van der Waals surface area contributed by atoms with Crippen molar-refractivity contribution >= 4 is 17.9 Å². The molecular formula is C80H131NO8. The van der Waals surface area contributed by atoms with Gasteiger partial charge in [-0.05, 0) is 116 Å². The third-order valence-corrected chi connectivity index (χ3v) is 14.8. The van der Waals surface area contributed by atoms with Crippen molar-refractivity contribution < 1.29 is 42.9 Å². The first-order chi connectivity index (χ1) is 43.6. The van der Waals surface area contributed by atoms with Crippen LogP contribution in [0.5, 0.6) is 0 Å². The molecule has 2 unspecified atom stereocenters. The minimum Gasteiger partial charge on any atom is -0.545 e. The molecule has 0 heterocycles. The molecule has 0 radical (unpaired) electrons. The average Bonchev–Trinajstić information content (AvgIpc) is 3.64. The Morgan fingerprint density at radius 2 is 0.618 bits per heavy atom. The largest absolute Gasteiger partial charge is 0.545 e. The van der Waals surface area contributed by atoms with Crippen molar-refractivity contribution in [2.45, 2.75) is 283 Å². The zero-order valence-electron chi connectivity index (χ0n) is 57.5. The molecule has 0 saturated heterocycles. The Bertz CT molecular complexity index is 2020. The van der Waals surface area contributed by atoms with Gasteiger partial charge in [-0.25, -0.2) is 0 Å². The minimum atomic E-state index is -1.65. The lowest BCUT2D eigenvalue weighted by atomic mass is 10.0. The maximum atomic E-state index is 12.9. The highest BCUT2D eigenvalue weighted by atomic mass is 16.7. The first kappa shape index (κ1) is 83.9. The van der Waals surface area contributed by atoms with Crippen LogP contribution < -0.4 is 5.11 Å². The Kier molecular flexibility index (Phi) is 64.9. The molecular weight excluding hydrogens is 1100 g/mol. The van der Waals surface area contributed by atoms with Crippen LogP contribution in [-0.2, 0) is 33.3 Å². The molecule has 9 nitrogen and oxygen atoms in total. The summed E-state index contributed by atoms with van der Waals surface area (Å²) in [5, 5.41) is 11.8. The van der Waals surface area contributed by atoms with Gasteiger partial charge in [0.05, 0.1) is 40.3 Å². The van der Waals surface area contributed by atoms with Gasteiger partial charge in [-0.2, -0.15) is 0 Å². The maximum Gasteiger partial charge on any atom is 0.306 e. The molecule has 0 bridgehead atoms. The molecule has 89 heavy (non-hydrogen) atoms. The Labute approximate surface area is 546 Å². The standard InChI is InChI=1S/C80H131NO8/c1-6-8-10-12-14-16-18-20-22-24-26-28-30-31-32-33-34-35-36-37-38-39-40-41-42-43-44-45-46-47-49-50-52-54-56-58-60-62-64-66-68-70-77(82)87-74-76(75-88-80(79(84)85)86-73-72-81(3,4)5)89-78(83)71-69-67-65-63-61-59-57-55-53-51-48-29-27-25-23-21-19-17-15-13-11-9-7-2/h8-11,14-17,20-23,26-29,31-32,34-35,51,53,57,59,63,65,76,80H,6-7,12-13,18-19,24-25,30,33,36-50,52,54-56,58,60-62,64,66-75H2,1-5H3/b10-8-,11-9-,16-14-,17-15-,22-20-,23-21-,28-26-,29-27-,32-31-,35-34-,53-51-,59-57-,65-63-. The van der Waals surface area contributed by atoms with E-state index in [1.807, 2.05) is 21.1 Å².